The molecular weight excluding hydrogens is 667 g/mol. The van der Waals surface area contributed by atoms with Crippen molar-refractivity contribution >= 4 is 56.8 Å². The summed E-state index contributed by atoms with van der Waals surface area (Å²) >= 11 is 12.4. The standard InChI is InChI=1S/C33H28Cl2N4O7S/c1-20(40)36-15-17-37(18-16-36)31(41)27-13-14-28-38(32(27)42)29(21-5-9-24(34)10-6-21)30(22-7-11-25(35)12-8-22)39(28)47(45,46)26-4-2-3-23(19-26)33(43)44/h2-14,19,29-30H,15-18H2,1H3,(H,43,44). The van der Waals surface area contributed by atoms with Crippen LogP contribution in [0.15, 0.2) is 94.6 Å². The fourth-order valence-corrected chi connectivity index (χ4v) is 8.04. The zero-order chi connectivity index (χ0) is 33.6. The number of piperazine rings is 1. The first kappa shape index (κ1) is 32.3. The van der Waals surface area contributed by atoms with E-state index in [-0.39, 0.29) is 40.8 Å². The normalized spacial score (nSPS) is 17.8. The van der Waals surface area contributed by atoms with Crippen molar-refractivity contribution in [3.8, 4) is 0 Å². The van der Waals surface area contributed by atoms with Crippen LogP contribution in [0.4, 0.5) is 5.82 Å². The SMILES string of the molecule is CC(=O)N1CCN(C(=O)c2ccc3n(c2=O)C(c2ccc(Cl)cc2)C(c2ccc(Cl)cc2)N3S(=O)(=O)c2cccc(C(=O)O)c2)CC1. The summed E-state index contributed by atoms with van der Waals surface area (Å²) in [5.41, 5.74) is -0.0767. The Morgan fingerprint density at radius 3 is 1.87 bits per heavy atom. The van der Waals surface area contributed by atoms with Crippen molar-refractivity contribution in [3.63, 3.8) is 0 Å². The quantitative estimate of drug-likeness (QED) is 0.309. The molecule has 3 heterocycles. The van der Waals surface area contributed by atoms with Crippen LogP contribution >= 0.6 is 23.2 Å². The van der Waals surface area contributed by atoms with Gasteiger partial charge in [0.05, 0.1) is 22.5 Å². The topological polar surface area (TPSA) is 137 Å². The molecule has 0 radical (unpaired) electrons. The summed E-state index contributed by atoms with van der Waals surface area (Å²) < 4.78 is 31.5. The monoisotopic (exact) mass is 694 g/mol. The molecule has 0 saturated carbocycles. The van der Waals surface area contributed by atoms with Crippen LogP contribution in [0.2, 0.25) is 10.0 Å². The minimum absolute atomic E-state index is 0.0198. The van der Waals surface area contributed by atoms with Crippen LogP contribution in [-0.4, -0.2) is 71.9 Å². The largest absolute Gasteiger partial charge is 0.478 e. The Morgan fingerprint density at radius 2 is 1.32 bits per heavy atom. The van der Waals surface area contributed by atoms with Crippen LogP contribution < -0.4 is 9.86 Å². The van der Waals surface area contributed by atoms with Crippen molar-refractivity contribution in [3.05, 3.63) is 128 Å². The highest BCUT2D eigenvalue weighted by molar-refractivity contribution is 7.92. The summed E-state index contributed by atoms with van der Waals surface area (Å²) in [7, 11) is -4.53. The maximum atomic E-state index is 14.6. The minimum Gasteiger partial charge on any atom is -0.478 e. The van der Waals surface area contributed by atoms with Crippen molar-refractivity contribution in [2.45, 2.75) is 23.9 Å². The number of aromatic carboxylic acids is 1. The van der Waals surface area contributed by atoms with Gasteiger partial charge in [0.25, 0.3) is 21.5 Å². The first-order valence-electron chi connectivity index (χ1n) is 14.6. The Kier molecular flexibility index (Phi) is 8.60. The second-order valence-corrected chi connectivity index (χ2v) is 13.9. The molecule has 14 heteroatoms. The van der Waals surface area contributed by atoms with E-state index in [1.165, 1.54) is 46.7 Å². The highest BCUT2D eigenvalue weighted by Gasteiger charge is 2.48. The first-order valence-corrected chi connectivity index (χ1v) is 16.8. The number of anilines is 1. The smallest absolute Gasteiger partial charge is 0.335 e. The molecule has 3 aromatic carbocycles. The predicted molar refractivity (Wildman–Crippen MR) is 176 cm³/mol. The van der Waals surface area contributed by atoms with Gasteiger partial charge in [-0.1, -0.05) is 53.5 Å². The summed E-state index contributed by atoms with van der Waals surface area (Å²) in [5.74, 6) is -1.97. The van der Waals surface area contributed by atoms with Gasteiger partial charge in [0, 0.05) is 43.1 Å². The average Bonchev–Trinajstić information content (AvgIpc) is 3.42. The summed E-state index contributed by atoms with van der Waals surface area (Å²) in [6.07, 6.45) is 0. The van der Waals surface area contributed by atoms with Crippen LogP contribution in [0.1, 0.15) is 50.9 Å². The molecule has 1 N–H and O–H groups in total. The van der Waals surface area contributed by atoms with E-state index >= 15 is 0 Å². The van der Waals surface area contributed by atoms with Crippen molar-refractivity contribution < 1.29 is 27.9 Å². The molecule has 0 bridgehead atoms. The van der Waals surface area contributed by atoms with E-state index in [1.54, 1.807) is 53.4 Å². The lowest BCUT2D eigenvalue weighted by Gasteiger charge is -2.34. The third-order valence-corrected chi connectivity index (χ3v) is 10.7. The number of aromatic nitrogens is 1. The molecule has 2 atom stereocenters. The molecule has 6 rings (SSSR count). The van der Waals surface area contributed by atoms with E-state index in [2.05, 4.69) is 0 Å². The van der Waals surface area contributed by atoms with E-state index in [0.717, 1.165) is 10.4 Å². The molecular formula is C33H28Cl2N4O7S. The van der Waals surface area contributed by atoms with E-state index in [9.17, 15) is 32.7 Å². The Morgan fingerprint density at radius 1 is 0.766 bits per heavy atom. The van der Waals surface area contributed by atoms with Gasteiger partial charge in [0.1, 0.15) is 11.4 Å². The Bertz CT molecular complexity index is 2060. The molecule has 1 saturated heterocycles. The molecule has 2 unspecified atom stereocenters. The number of hydrogen-bond acceptors (Lipinski definition) is 6. The highest BCUT2D eigenvalue weighted by Crippen LogP contribution is 2.49. The molecule has 1 aromatic heterocycles. The van der Waals surface area contributed by atoms with Gasteiger partial charge in [-0.2, -0.15) is 0 Å². The fourth-order valence-electron chi connectivity index (χ4n) is 6.11. The van der Waals surface area contributed by atoms with E-state index in [0.29, 0.717) is 34.3 Å². The van der Waals surface area contributed by atoms with Gasteiger partial charge in [-0.25, -0.2) is 17.5 Å². The van der Waals surface area contributed by atoms with Crippen LogP contribution in [-0.2, 0) is 14.8 Å². The van der Waals surface area contributed by atoms with Crippen molar-refractivity contribution in [2.75, 3.05) is 30.5 Å². The summed E-state index contributed by atoms with van der Waals surface area (Å²) in [6, 6.07) is 18.8. The van der Waals surface area contributed by atoms with E-state index in [4.69, 9.17) is 23.2 Å². The molecule has 0 spiro atoms. The minimum atomic E-state index is -4.53. The number of nitrogens with zero attached hydrogens (tertiary/aromatic N) is 4. The van der Waals surface area contributed by atoms with Crippen molar-refractivity contribution in [1.82, 2.24) is 14.4 Å². The van der Waals surface area contributed by atoms with Crippen molar-refractivity contribution in [1.29, 1.82) is 0 Å². The zero-order valence-corrected chi connectivity index (χ0v) is 27.2. The number of carboxylic acid groups (broad SMARTS) is 1. The van der Waals surface area contributed by atoms with Gasteiger partial charge >= 0.3 is 5.97 Å². The second kappa shape index (κ2) is 12.5. The zero-order valence-electron chi connectivity index (χ0n) is 24.9. The summed E-state index contributed by atoms with van der Waals surface area (Å²) in [4.78, 5) is 54.6. The van der Waals surface area contributed by atoms with Crippen LogP contribution in [0.25, 0.3) is 0 Å². The van der Waals surface area contributed by atoms with Crippen LogP contribution in [0.3, 0.4) is 0 Å². The van der Waals surface area contributed by atoms with Gasteiger partial charge < -0.3 is 14.9 Å². The number of amides is 2. The van der Waals surface area contributed by atoms with E-state index < -0.39 is 39.5 Å². The van der Waals surface area contributed by atoms with Crippen LogP contribution in [0.5, 0.6) is 0 Å². The van der Waals surface area contributed by atoms with Crippen LogP contribution in [0, 0.1) is 0 Å². The molecule has 11 nitrogen and oxygen atoms in total. The Balaban J connectivity index is 1.57. The van der Waals surface area contributed by atoms with Gasteiger partial charge in [-0.3, -0.25) is 19.0 Å². The third-order valence-electron chi connectivity index (χ3n) is 8.45. The number of rotatable bonds is 6. The molecule has 47 heavy (non-hydrogen) atoms. The molecule has 2 aliphatic rings. The lowest BCUT2D eigenvalue weighted by atomic mass is 9.94. The Labute approximate surface area is 280 Å². The number of sulfonamides is 1. The number of halogens is 2. The molecule has 2 aliphatic heterocycles. The van der Waals surface area contributed by atoms with Gasteiger partial charge in [0.2, 0.25) is 5.91 Å². The van der Waals surface area contributed by atoms with Gasteiger partial charge in [-0.05, 0) is 65.7 Å². The number of fused-ring (bicyclic) bond motifs is 1. The summed E-state index contributed by atoms with van der Waals surface area (Å²) in [6.45, 7) is 2.56. The first-order chi connectivity index (χ1) is 22.4. The fraction of sp³-hybridized carbons (Fsp3) is 0.212. The molecule has 2 amide bonds. The molecule has 242 valence electrons. The molecule has 1 fully saturated rings. The summed E-state index contributed by atoms with van der Waals surface area (Å²) in [5, 5.41) is 10.4. The lowest BCUT2D eigenvalue weighted by Crippen LogP contribution is -2.51. The number of hydrogen-bond donors (Lipinski definition) is 1. The maximum Gasteiger partial charge on any atom is 0.335 e. The van der Waals surface area contributed by atoms with E-state index in [1.807, 2.05) is 0 Å². The average molecular weight is 696 g/mol. The number of carbonyl (C=O) groups is 3. The highest BCUT2D eigenvalue weighted by atomic mass is 35.5. The van der Waals surface area contributed by atoms with Crippen molar-refractivity contribution in [2.24, 2.45) is 0 Å². The number of benzene rings is 3. The number of pyridine rings is 1. The third kappa shape index (κ3) is 5.88. The molecule has 0 aliphatic carbocycles. The number of carbonyl (C=O) groups excluding carboxylic acids is 2. The Hall–Kier alpha value is -4.65. The lowest BCUT2D eigenvalue weighted by molar-refractivity contribution is -0.130. The number of carboxylic acids is 1. The molecule has 4 aromatic rings. The van der Waals surface area contributed by atoms with Gasteiger partial charge in [-0.15, -0.1) is 0 Å². The predicted octanol–water partition coefficient (Wildman–Crippen LogP) is 4.70. The maximum absolute atomic E-state index is 14.6. The second-order valence-electron chi connectivity index (χ2n) is 11.2. The van der Waals surface area contributed by atoms with Gasteiger partial charge in [0.15, 0.2) is 0 Å².